The second kappa shape index (κ2) is 11.7. The van der Waals surface area contributed by atoms with Gasteiger partial charge in [-0.2, -0.15) is 0 Å². The number of carboxylic acid groups (broad SMARTS) is 1. The SMILES string of the molecule is COc1ccccc1CNC1CCCN(CCCCCC(=O)O)C1c1ccccc1. The summed E-state index contributed by atoms with van der Waals surface area (Å²) in [4.78, 5) is 13.3. The highest BCUT2D eigenvalue weighted by Crippen LogP contribution is 2.32. The van der Waals surface area contributed by atoms with Crippen LogP contribution >= 0.6 is 0 Å². The number of benzene rings is 2. The number of aliphatic carboxylic acids is 1. The number of rotatable bonds is 11. The average molecular weight is 411 g/mol. The molecule has 0 spiro atoms. The topological polar surface area (TPSA) is 61.8 Å². The number of nitrogens with one attached hydrogen (secondary N) is 1. The fourth-order valence-corrected chi connectivity index (χ4v) is 4.48. The second-order valence-corrected chi connectivity index (χ2v) is 8.04. The number of carboxylic acids is 1. The number of para-hydroxylation sites is 1. The lowest BCUT2D eigenvalue weighted by Gasteiger charge is -2.42. The van der Waals surface area contributed by atoms with Crippen LogP contribution in [0.2, 0.25) is 0 Å². The molecule has 1 saturated heterocycles. The Morgan fingerprint density at radius 3 is 2.63 bits per heavy atom. The van der Waals surface area contributed by atoms with Crippen molar-refractivity contribution in [2.45, 2.75) is 57.2 Å². The Morgan fingerprint density at radius 2 is 1.87 bits per heavy atom. The predicted molar refractivity (Wildman–Crippen MR) is 120 cm³/mol. The summed E-state index contributed by atoms with van der Waals surface area (Å²) >= 11 is 0. The number of piperidine rings is 1. The third kappa shape index (κ3) is 6.31. The molecular formula is C25H34N2O3. The van der Waals surface area contributed by atoms with Crippen molar-refractivity contribution in [3.63, 3.8) is 0 Å². The standard InChI is InChI=1S/C25H34N2O3/c1-30-23-15-8-7-13-21(23)19-26-22-14-10-18-27(17-9-3-6-16-24(28)29)25(22)20-11-4-2-5-12-20/h2,4-5,7-8,11-13,15,22,25-26H,3,6,9-10,14,16-19H2,1H3,(H,28,29). The van der Waals surface area contributed by atoms with Gasteiger partial charge in [-0.3, -0.25) is 9.69 Å². The summed E-state index contributed by atoms with van der Waals surface area (Å²) in [5, 5.41) is 12.7. The highest BCUT2D eigenvalue weighted by atomic mass is 16.5. The van der Waals surface area contributed by atoms with Crippen molar-refractivity contribution in [2.24, 2.45) is 0 Å². The zero-order valence-electron chi connectivity index (χ0n) is 17.9. The Labute approximate surface area is 180 Å². The number of unbranched alkanes of at least 4 members (excludes halogenated alkanes) is 2. The molecule has 2 unspecified atom stereocenters. The summed E-state index contributed by atoms with van der Waals surface area (Å²) < 4.78 is 5.52. The molecule has 1 aliphatic rings. The lowest BCUT2D eigenvalue weighted by molar-refractivity contribution is -0.137. The normalized spacial score (nSPS) is 19.5. The quantitative estimate of drug-likeness (QED) is 0.529. The molecule has 5 nitrogen and oxygen atoms in total. The number of ether oxygens (including phenoxy) is 1. The van der Waals surface area contributed by atoms with E-state index in [0.29, 0.717) is 12.1 Å². The van der Waals surface area contributed by atoms with Crippen molar-refractivity contribution >= 4 is 5.97 Å². The second-order valence-electron chi connectivity index (χ2n) is 8.04. The predicted octanol–water partition coefficient (Wildman–Crippen LogP) is 4.64. The van der Waals surface area contributed by atoms with E-state index in [1.807, 2.05) is 12.1 Å². The minimum atomic E-state index is -0.698. The van der Waals surface area contributed by atoms with Crippen LogP contribution in [-0.4, -0.2) is 42.2 Å². The van der Waals surface area contributed by atoms with Crippen molar-refractivity contribution in [1.29, 1.82) is 0 Å². The number of hydrogen-bond donors (Lipinski definition) is 2. The average Bonchev–Trinajstić information content (AvgIpc) is 2.78. The molecule has 2 aromatic carbocycles. The van der Waals surface area contributed by atoms with Crippen molar-refractivity contribution in [3.8, 4) is 5.75 Å². The van der Waals surface area contributed by atoms with E-state index in [-0.39, 0.29) is 6.42 Å². The molecule has 2 aromatic rings. The molecule has 1 fully saturated rings. The van der Waals surface area contributed by atoms with E-state index in [9.17, 15) is 4.79 Å². The minimum Gasteiger partial charge on any atom is -0.496 e. The lowest BCUT2D eigenvalue weighted by Crippen LogP contribution is -2.48. The Hall–Kier alpha value is -2.37. The molecule has 3 rings (SSSR count). The van der Waals surface area contributed by atoms with Crippen LogP contribution in [0.25, 0.3) is 0 Å². The number of likely N-dealkylation sites (tertiary alicyclic amines) is 1. The molecule has 2 atom stereocenters. The molecule has 2 N–H and O–H groups in total. The van der Waals surface area contributed by atoms with Crippen LogP contribution in [0, 0.1) is 0 Å². The van der Waals surface area contributed by atoms with Gasteiger partial charge >= 0.3 is 5.97 Å². The van der Waals surface area contributed by atoms with Crippen LogP contribution in [-0.2, 0) is 11.3 Å². The van der Waals surface area contributed by atoms with Crippen molar-refractivity contribution < 1.29 is 14.6 Å². The van der Waals surface area contributed by atoms with Gasteiger partial charge in [0.15, 0.2) is 0 Å². The van der Waals surface area contributed by atoms with E-state index in [1.54, 1.807) is 7.11 Å². The summed E-state index contributed by atoms with van der Waals surface area (Å²) in [6.45, 7) is 2.88. The van der Waals surface area contributed by atoms with Gasteiger partial charge in [-0.25, -0.2) is 0 Å². The molecule has 0 saturated carbocycles. The first-order chi connectivity index (χ1) is 14.7. The Kier molecular flexibility index (Phi) is 8.72. The molecule has 0 radical (unpaired) electrons. The van der Waals surface area contributed by atoms with E-state index >= 15 is 0 Å². The van der Waals surface area contributed by atoms with Gasteiger partial charge in [-0.05, 0) is 50.4 Å². The first-order valence-electron chi connectivity index (χ1n) is 11.0. The zero-order chi connectivity index (χ0) is 21.2. The van der Waals surface area contributed by atoms with Gasteiger partial charge in [0.2, 0.25) is 0 Å². The van der Waals surface area contributed by atoms with Crippen LogP contribution in [0.15, 0.2) is 54.6 Å². The van der Waals surface area contributed by atoms with Gasteiger partial charge in [0, 0.05) is 24.6 Å². The molecular weight excluding hydrogens is 376 g/mol. The van der Waals surface area contributed by atoms with Crippen LogP contribution in [0.4, 0.5) is 0 Å². The summed E-state index contributed by atoms with van der Waals surface area (Å²) in [6.07, 6.45) is 5.34. The van der Waals surface area contributed by atoms with Crippen LogP contribution in [0.3, 0.4) is 0 Å². The van der Waals surface area contributed by atoms with Crippen molar-refractivity contribution in [2.75, 3.05) is 20.2 Å². The highest BCUT2D eigenvalue weighted by Gasteiger charge is 2.32. The summed E-state index contributed by atoms with van der Waals surface area (Å²) in [5.74, 6) is 0.225. The van der Waals surface area contributed by atoms with E-state index in [4.69, 9.17) is 9.84 Å². The van der Waals surface area contributed by atoms with Gasteiger partial charge in [-0.1, -0.05) is 55.0 Å². The third-order valence-corrected chi connectivity index (χ3v) is 5.96. The monoisotopic (exact) mass is 410 g/mol. The first kappa shape index (κ1) is 22.3. The Morgan fingerprint density at radius 1 is 1.10 bits per heavy atom. The van der Waals surface area contributed by atoms with Gasteiger partial charge in [0.25, 0.3) is 0 Å². The third-order valence-electron chi connectivity index (χ3n) is 5.96. The molecule has 162 valence electrons. The summed E-state index contributed by atoms with van der Waals surface area (Å²) in [5.41, 5.74) is 2.53. The molecule has 0 aliphatic carbocycles. The first-order valence-corrected chi connectivity index (χ1v) is 11.0. The van der Waals surface area contributed by atoms with Crippen molar-refractivity contribution in [3.05, 3.63) is 65.7 Å². The van der Waals surface area contributed by atoms with E-state index < -0.39 is 5.97 Å². The van der Waals surface area contributed by atoms with E-state index in [0.717, 1.165) is 51.1 Å². The molecule has 1 heterocycles. The minimum absolute atomic E-state index is 0.269. The summed E-state index contributed by atoms with van der Waals surface area (Å²) in [6, 6.07) is 19.6. The Balaban J connectivity index is 1.67. The van der Waals surface area contributed by atoms with E-state index in [2.05, 4.69) is 52.7 Å². The lowest BCUT2D eigenvalue weighted by atomic mass is 9.89. The number of hydrogen-bond acceptors (Lipinski definition) is 4. The zero-order valence-corrected chi connectivity index (χ0v) is 17.9. The van der Waals surface area contributed by atoms with Gasteiger partial charge in [0.05, 0.1) is 13.2 Å². The molecule has 1 aliphatic heterocycles. The van der Waals surface area contributed by atoms with Gasteiger partial charge in [-0.15, -0.1) is 0 Å². The van der Waals surface area contributed by atoms with E-state index in [1.165, 1.54) is 17.5 Å². The van der Waals surface area contributed by atoms with Gasteiger partial charge in [0.1, 0.15) is 5.75 Å². The molecule has 0 bridgehead atoms. The molecule has 30 heavy (non-hydrogen) atoms. The fourth-order valence-electron chi connectivity index (χ4n) is 4.48. The maximum Gasteiger partial charge on any atom is 0.303 e. The fraction of sp³-hybridized carbons (Fsp3) is 0.480. The smallest absolute Gasteiger partial charge is 0.303 e. The van der Waals surface area contributed by atoms with Crippen LogP contribution in [0.1, 0.15) is 55.7 Å². The highest BCUT2D eigenvalue weighted by molar-refractivity contribution is 5.66. The largest absolute Gasteiger partial charge is 0.496 e. The number of carbonyl (C=O) groups is 1. The van der Waals surface area contributed by atoms with Gasteiger partial charge < -0.3 is 15.2 Å². The Bertz CT molecular complexity index is 781. The van der Waals surface area contributed by atoms with Crippen LogP contribution in [0.5, 0.6) is 5.75 Å². The maximum atomic E-state index is 10.8. The number of nitrogens with zero attached hydrogens (tertiary/aromatic N) is 1. The number of methoxy groups -OCH3 is 1. The summed E-state index contributed by atoms with van der Waals surface area (Å²) in [7, 11) is 1.72. The maximum absolute atomic E-state index is 10.8. The molecule has 0 amide bonds. The van der Waals surface area contributed by atoms with Crippen LogP contribution < -0.4 is 10.1 Å². The van der Waals surface area contributed by atoms with Crippen molar-refractivity contribution in [1.82, 2.24) is 10.2 Å². The molecule has 5 heteroatoms. The molecule has 0 aromatic heterocycles.